The van der Waals surface area contributed by atoms with Crippen molar-refractivity contribution in [3.8, 4) is 0 Å². The van der Waals surface area contributed by atoms with Crippen molar-refractivity contribution < 1.29 is 13.6 Å². The Labute approximate surface area is 223 Å². The largest absolute Gasteiger partial charge is 0.369 e. The molecule has 1 saturated heterocycles. The highest BCUT2D eigenvalue weighted by atomic mass is 19.3. The molecule has 0 bridgehead atoms. The zero-order chi connectivity index (χ0) is 26.9. The summed E-state index contributed by atoms with van der Waals surface area (Å²) in [6, 6.07) is 8.44. The second-order valence-corrected chi connectivity index (χ2v) is 11.0. The minimum atomic E-state index is -2.52. The van der Waals surface area contributed by atoms with E-state index in [4.69, 9.17) is 0 Å². The van der Waals surface area contributed by atoms with Crippen molar-refractivity contribution in [3.05, 3.63) is 74.7 Å². The van der Waals surface area contributed by atoms with E-state index in [2.05, 4.69) is 40.3 Å². The number of nitrogens with one attached hydrogen (secondary N) is 2. The lowest BCUT2D eigenvalue weighted by Gasteiger charge is -2.47. The predicted octanol–water partition coefficient (Wildman–Crippen LogP) is 4.75. The van der Waals surface area contributed by atoms with Crippen LogP contribution in [0.1, 0.15) is 71.8 Å². The first-order valence-electron chi connectivity index (χ1n) is 13.9. The van der Waals surface area contributed by atoms with Crippen molar-refractivity contribution in [2.24, 2.45) is 0 Å². The molecular formula is C30H38F2N4O2. The first-order chi connectivity index (χ1) is 18.3. The number of aromatic amines is 1. The molecule has 0 atom stereocenters. The van der Waals surface area contributed by atoms with Crippen molar-refractivity contribution in [3.63, 3.8) is 0 Å². The van der Waals surface area contributed by atoms with E-state index in [0.29, 0.717) is 23.6 Å². The fourth-order valence-corrected chi connectivity index (χ4v) is 6.46. The minimum Gasteiger partial charge on any atom is -0.369 e. The van der Waals surface area contributed by atoms with Crippen LogP contribution in [0, 0.1) is 6.92 Å². The number of alkyl halides is 2. The molecule has 2 fully saturated rings. The van der Waals surface area contributed by atoms with Gasteiger partial charge < -0.3 is 15.2 Å². The van der Waals surface area contributed by atoms with E-state index in [0.717, 1.165) is 67.6 Å². The average molecular weight is 525 g/mol. The van der Waals surface area contributed by atoms with E-state index >= 15 is 0 Å². The number of likely N-dealkylation sites (tertiary alicyclic amines) is 1. The van der Waals surface area contributed by atoms with Crippen LogP contribution in [0.5, 0.6) is 0 Å². The number of anilines is 1. The number of aromatic nitrogens is 1. The summed E-state index contributed by atoms with van der Waals surface area (Å²) < 4.78 is 26.8. The van der Waals surface area contributed by atoms with Crippen molar-refractivity contribution >= 4 is 11.6 Å². The van der Waals surface area contributed by atoms with Gasteiger partial charge in [-0.1, -0.05) is 18.2 Å². The molecule has 0 spiro atoms. The number of halogens is 2. The van der Waals surface area contributed by atoms with Gasteiger partial charge in [0.15, 0.2) is 0 Å². The fourth-order valence-electron chi connectivity index (χ4n) is 6.46. The van der Waals surface area contributed by atoms with Gasteiger partial charge in [0.1, 0.15) is 0 Å². The van der Waals surface area contributed by atoms with Gasteiger partial charge in [-0.15, -0.1) is 0 Å². The Morgan fingerprint density at radius 1 is 1.08 bits per heavy atom. The first kappa shape index (κ1) is 26.6. The van der Waals surface area contributed by atoms with E-state index in [9.17, 15) is 18.4 Å². The minimum absolute atomic E-state index is 0.108. The van der Waals surface area contributed by atoms with E-state index in [1.807, 2.05) is 30.0 Å². The van der Waals surface area contributed by atoms with Crippen molar-refractivity contribution in [2.75, 3.05) is 24.5 Å². The zero-order valence-corrected chi connectivity index (χ0v) is 22.4. The molecule has 1 amide bonds. The topological polar surface area (TPSA) is 68.4 Å². The molecule has 8 heteroatoms. The van der Waals surface area contributed by atoms with Crippen molar-refractivity contribution in [2.45, 2.75) is 83.3 Å². The van der Waals surface area contributed by atoms with Gasteiger partial charge in [0, 0.05) is 47.7 Å². The molecule has 1 aliphatic carbocycles. The van der Waals surface area contributed by atoms with Gasteiger partial charge in [0.2, 0.25) is 0 Å². The number of fused-ring (bicyclic) bond motifs is 2. The van der Waals surface area contributed by atoms with Gasteiger partial charge in [-0.25, -0.2) is 8.78 Å². The molecular weight excluding hydrogens is 486 g/mol. The summed E-state index contributed by atoms with van der Waals surface area (Å²) in [4.78, 5) is 33.3. The standard InChI is InChI=1S/C30H38F2N4O2/c1-3-36(23-14-12-22(13-15-23)35-18-30(31,32)19-35)27-11-7-10-25-24(27)9-6-4-5-8-21-16-20(2)34-29(38)26(21)17-33-28(25)37/h4,6-7,10-11,16,22-23H,3,5,8-9,12-15,17-19H2,1-2H3,(H,33,37)(H,34,38)/t22-,23+. The predicted molar refractivity (Wildman–Crippen MR) is 146 cm³/mol. The lowest BCUT2D eigenvalue weighted by atomic mass is 9.86. The molecule has 38 heavy (non-hydrogen) atoms. The number of carbonyl (C=O) groups excluding carboxylic acids is 1. The normalized spacial score (nSPS) is 23.7. The van der Waals surface area contributed by atoms with Gasteiger partial charge in [-0.05, 0) is 88.1 Å². The molecule has 1 saturated carbocycles. The number of hydrogen-bond donors (Lipinski definition) is 2. The van der Waals surface area contributed by atoms with Gasteiger partial charge in [0.25, 0.3) is 17.4 Å². The highest BCUT2D eigenvalue weighted by Crippen LogP contribution is 2.37. The Kier molecular flexibility index (Phi) is 7.70. The van der Waals surface area contributed by atoms with Crippen LogP contribution in [0.3, 0.4) is 0 Å². The summed E-state index contributed by atoms with van der Waals surface area (Å²) in [5, 5.41) is 3.01. The number of allylic oxidation sites excluding steroid dienone is 2. The number of rotatable bonds is 4. The third-order valence-corrected chi connectivity index (χ3v) is 8.40. The van der Waals surface area contributed by atoms with E-state index in [1.54, 1.807) is 0 Å². The highest BCUT2D eigenvalue weighted by molar-refractivity contribution is 5.97. The molecule has 0 radical (unpaired) electrons. The molecule has 1 aromatic carbocycles. The maximum atomic E-state index is 13.4. The number of nitrogens with zero attached hydrogens (tertiary/aromatic N) is 2. The first-order valence-corrected chi connectivity index (χ1v) is 13.9. The maximum Gasteiger partial charge on any atom is 0.272 e. The summed E-state index contributed by atoms with van der Waals surface area (Å²) in [6.07, 6.45) is 10.2. The number of H-pyrrole nitrogens is 1. The van der Waals surface area contributed by atoms with E-state index in [1.165, 1.54) is 0 Å². The lowest BCUT2D eigenvalue weighted by Crippen LogP contribution is -2.61. The SMILES string of the molecule is CCN(c1cccc2c1CC=CCCc1cc(C)[nH]c(=O)c1CNC2=O)[C@H]1CC[C@@H](N2CC(F)(F)C2)CC1. The van der Waals surface area contributed by atoms with Gasteiger partial charge >= 0.3 is 0 Å². The van der Waals surface area contributed by atoms with Gasteiger partial charge in [-0.3, -0.25) is 14.5 Å². The fraction of sp³-hybridized carbons (Fsp3) is 0.533. The smallest absolute Gasteiger partial charge is 0.272 e. The zero-order valence-electron chi connectivity index (χ0n) is 22.4. The van der Waals surface area contributed by atoms with Crippen LogP contribution in [0.15, 0.2) is 41.2 Å². The summed E-state index contributed by atoms with van der Waals surface area (Å²) in [6.45, 7) is 4.79. The van der Waals surface area contributed by atoms with Crippen molar-refractivity contribution in [1.29, 1.82) is 0 Å². The summed E-state index contributed by atoms with van der Waals surface area (Å²) in [5.74, 6) is -2.70. The molecule has 6 nitrogen and oxygen atoms in total. The molecule has 2 N–H and O–H groups in total. The van der Waals surface area contributed by atoms with Crippen LogP contribution in [-0.2, 0) is 19.4 Å². The van der Waals surface area contributed by atoms with Crippen LogP contribution < -0.4 is 15.8 Å². The Morgan fingerprint density at radius 2 is 1.84 bits per heavy atom. The van der Waals surface area contributed by atoms with Crippen LogP contribution in [-0.4, -0.2) is 53.4 Å². The molecule has 0 unspecified atom stereocenters. The second kappa shape index (κ2) is 11.0. The van der Waals surface area contributed by atoms with E-state index in [-0.39, 0.29) is 37.1 Å². The Morgan fingerprint density at radius 3 is 2.55 bits per heavy atom. The Balaban J connectivity index is 1.37. The molecule has 2 aliphatic heterocycles. The summed E-state index contributed by atoms with van der Waals surface area (Å²) in [5.41, 5.74) is 4.95. The number of carbonyl (C=O) groups is 1. The summed E-state index contributed by atoms with van der Waals surface area (Å²) in [7, 11) is 0. The quantitative estimate of drug-likeness (QED) is 0.567. The second-order valence-electron chi connectivity index (χ2n) is 11.0. The Hall–Kier alpha value is -3.00. The molecule has 2 aromatic rings. The molecule has 1 aromatic heterocycles. The van der Waals surface area contributed by atoms with E-state index < -0.39 is 5.92 Å². The van der Waals surface area contributed by atoms with Crippen molar-refractivity contribution in [1.82, 2.24) is 15.2 Å². The van der Waals surface area contributed by atoms with Crippen LogP contribution in [0.25, 0.3) is 0 Å². The number of pyridine rings is 1. The lowest BCUT2D eigenvalue weighted by molar-refractivity contribution is -0.149. The van der Waals surface area contributed by atoms with Crippen LogP contribution >= 0.6 is 0 Å². The summed E-state index contributed by atoms with van der Waals surface area (Å²) >= 11 is 0. The number of aryl methyl sites for hydroxylation is 2. The molecule has 5 rings (SSSR count). The monoisotopic (exact) mass is 524 g/mol. The molecule has 3 heterocycles. The van der Waals surface area contributed by atoms with Gasteiger partial charge in [-0.2, -0.15) is 0 Å². The number of benzene rings is 1. The Bertz CT molecular complexity index is 1260. The average Bonchev–Trinajstić information content (AvgIpc) is 2.87. The van der Waals surface area contributed by atoms with Gasteiger partial charge in [0.05, 0.1) is 13.1 Å². The highest BCUT2D eigenvalue weighted by Gasteiger charge is 2.47. The van der Waals surface area contributed by atoms with Crippen LogP contribution in [0.4, 0.5) is 14.5 Å². The number of amides is 1. The van der Waals surface area contributed by atoms with Crippen LogP contribution in [0.2, 0.25) is 0 Å². The molecule has 3 aliphatic rings. The molecule has 204 valence electrons. The third kappa shape index (κ3) is 5.55. The maximum absolute atomic E-state index is 13.4. The number of hydrogen-bond acceptors (Lipinski definition) is 4. The third-order valence-electron chi connectivity index (χ3n) is 8.40.